The minimum Gasteiger partial charge on any atom is -0.444 e. The Bertz CT molecular complexity index is 695. The molecule has 0 saturated carbocycles. The van der Waals surface area contributed by atoms with Gasteiger partial charge in [-0.2, -0.15) is 0 Å². The van der Waals surface area contributed by atoms with Gasteiger partial charge in [0.25, 0.3) is 0 Å². The van der Waals surface area contributed by atoms with Crippen LogP contribution in [-0.4, -0.2) is 47.5 Å². The van der Waals surface area contributed by atoms with E-state index in [1.807, 2.05) is 32.7 Å². The molecule has 1 aromatic carbocycles. The number of amides is 2. The van der Waals surface area contributed by atoms with Crippen molar-refractivity contribution in [1.29, 1.82) is 0 Å². The molecule has 3 rings (SSSR count). The number of likely N-dealkylation sites (tertiary alicyclic amines) is 1. The van der Waals surface area contributed by atoms with E-state index in [4.69, 9.17) is 4.74 Å². The topological polar surface area (TPSA) is 49.9 Å². The van der Waals surface area contributed by atoms with Gasteiger partial charge in [0, 0.05) is 20.1 Å². The molecule has 1 fully saturated rings. The molecule has 0 spiro atoms. The van der Waals surface area contributed by atoms with Crippen LogP contribution in [0.15, 0.2) is 24.3 Å². The van der Waals surface area contributed by atoms with E-state index in [1.54, 1.807) is 4.90 Å². The van der Waals surface area contributed by atoms with Gasteiger partial charge in [-0.25, -0.2) is 4.79 Å². The Morgan fingerprint density at radius 1 is 1.15 bits per heavy atom. The lowest BCUT2D eigenvalue weighted by Crippen LogP contribution is -2.48. The zero-order chi connectivity index (χ0) is 19.6. The van der Waals surface area contributed by atoms with Crippen molar-refractivity contribution >= 4 is 12.0 Å². The second-order valence-corrected chi connectivity index (χ2v) is 8.82. The Hall–Kier alpha value is -2.04. The van der Waals surface area contributed by atoms with E-state index in [1.165, 1.54) is 11.1 Å². The number of nitrogens with zero attached hydrogens (tertiary/aromatic N) is 2. The molecule has 1 aliphatic carbocycles. The van der Waals surface area contributed by atoms with E-state index in [0.29, 0.717) is 13.1 Å². The summed E-state index contributed by atoms with van der Waals surface area (Å²) in [5.74, 6) is -0.00433. The van der Waals surface area contributed by atoms with Crippen molar-refractivity contribution in [1.82, 2.24) is 9.80 Å². The summed E-state index contributed by atoms with van der Waals surface area (Å²) in [5.41, 5.74) is 2.11. The molecule has 27 heavy (non-hydrogen) atoms. The minimum atomic E-state index is -0.517. The highest BCUT2D eigenvalue weighted by Gasteiger charge is 2.35. The van der Waals surface area contributed by atoms with E-state index < -0.39 is 5.60 Å². The average molecular weight is 373 g/mol. The third-order valence-electron chi connectivity index (χ3n) is 5.58. The molecular weight excluding hydrogens is 340 g/mol. The number of benzene rings is 1. The summed E-state index contributed by atoms with van der Waals surface area (Å²) in [6.07, 6.45) is 4.55. The van der Waals surface area contributed by atoms with Gasteiger partial charge in [0.1, 0.15) is 5.60 Å². The molecule has 1 aromatic rings. The number of carbonyl (C=O) groups is 2. The number of carbonyl (C=O) groups excluding carboxylic acids is 2. The molecule has 0 N–H and O–H groups in total. The monoisotopic (exact) mass is 372 g/mol. The molecule has 2 aliphatic rings. The van der Waals surface area contributed by atoms with Crippen molar-refractivity contribution in [2.75, 3.05) is 20.1 Å². The van der Waals surface area contributed by atoms with E-state index >= 15 is 0 Å². The molecule has 0 bridgehead atoms. The SMILES string of the molecule is CN(C(=O)[C@@H]1CCCN(C(=O)OC(C)(C)C)C1)[C@H]1CCCc2ccccc21. The zero-order valence-electron chi connectivity index (χ0n) is 17.0. The van der Waals surface area contributed by atoms with Gasteiger partial charge in [0.15, 0.2) is 0 Å². The number of ether oxygens (including phenoxy) is 1. The van der Waals surface area contributed by atoms with Crippen molar-refractivity contribution in [2.45, 2.75) is 64.5 Å². The zero-order valence-corrected chi connectivity index (χ0v) is 17.0. The number of rotatable bonds is 2. The van der Waals surface area contributed by atoms with Crippen molar-refractivity contribution in [3.05, 3.63) is 35.4 Å². The molecule has 2 atom stereocenters. The molecule has 1 aliphatic heterocycles. The lowest BCUT2D eigenvalue weighted by Gasteiger charge is -2.38. The highest BCUT2D eigenvalue weighted by atomic mass is 16.6. The van der Waals surface area contributed by atoms with Gasteiger partial charge in [-0.05, 0) is 64.0 Å². The van der Waals surface area contributed by atoms with Crippen molar-refractivity contribution < 1.29 is 14.3 Å². The van der Waals surface area contributed by atoms with Gasteiger partial charge in [0.2, 0.25) is 5.91 Å². The minimum absolute atomic E-state index is 0.138. The Kier molecular flexibility index (Phi) is 5.78. The van der Waals surface area contributed by atoms with Crippen LogP contribution in [0.3, 0.4) is 0 Å². The Labute approximate surface area is 162 Å². The largest absolute Gasteiger partial charge is 0.444 e. The maximum Gasteiger partial charge on any atom is 0.410 e. The first-order valence-corrected chi connectivity index (χ1v) is 10.1. The molecule has 148 valence electrons. The molecule has 1 saturated heterocycles. The van der Waals surface area contributed by atoms with E-state index in [9.17, 15) is 9.59 Å². The smallest absolute Gasteiger partial charge is 0.410 e. The molecule has 5 heteroatoms. The van der Waals surface area contributed by atoms with Crippen LogP contribution in [-0.2, 0) is 16.0 Å². The molecule has 1 heterocycles. The van der Waals surface area contributed by atoms with Crippen LogP contribution in [0, 0.1) is 5.92 Å². The van der Waals surface area contributed by atoms with Gasteiger partial charge in [0.05, 0.1) is 12.0 Å². The third kappa shape index (κ3) is 4.63. The predicted octanol–water partition coefficient (Wildman–Crippen LogP) is 4.17. The van der Waals surface area contributed by atoms with Crippen LogP contribution in [0.1, 0.15) is 63.6 Å². The number of fused-ring (bicyclic) bond motifs is 1. The van der Waals surface area contributed by atoms with E-state index in [0.717, 1.165) is 32.1 Å². The molecule has 2 amide bonds. The summed E-state index contributed by atoms with van der Waals surface area (Å²) < 4.78 is 5.49. The number of aryl methyl sites for hydroxylation is 1. The molecule has 5 nitrogen and oxygen atoms in total. The second-order valence-electron chi connectivity index (χ2n) is 8.82. The lowest BCUT2D eigenvalue weighted by atomic mass is 9.86. The van der Waals surface area contributed by atoms with Crippen LogP contribution < -0.4 is 0 Å². The Balaban J connectivity index is 1.68. The molecule has 0 aromatic heterocycles. The van der Waals surface area contributed by atoms with Crippen molar-refractivity contribution in [3.63, 3.8) is 0 Å². The number of hydrogen-bond donors (Lipinski definition) is 0. The van der Waals surface area contributed by atoms with Crippen molar-refractivity contribution in [2.24, 2.45) is 5.92 Å². The van der Waals surface area contributed by atoms with Crippen molar-refractivity contribution in [3.8, 4) is 0 Å². The van der Waals surface area contributed by atoms with Crippen LogP contribution >= 0.6 is 0 Å². The molecule has 0 unspecified atom stereocenters. The van der Waals surface area contributed by atoms with Gasteiger partial charge in [-0.15, -0.1) is 0 Å². The standard InChI is InChI=1S/C22H32N2O3/c1-22(2,3)27-21(26)24-14-8-11-17(15-24)20(25)23(4)19-13-7-10-16-9-5-6-12-18(16)19/h5-6,9,12,17,19H,7-8,10-11,13-15H2,1-4H3/t17-,19+/m1/s1. The maximum atomic E-state index is 13.2. The lowest BCUT2D eigenvalue weighted by molar-refractivity contribution is -0.138. The maximum absolute atomic E-state index is 13.2. The average Bonchev–Trinajstić information content (AvgIpc) is 2.65. The van der Waals surface area contributed by atoms with E-state index in [-0.39, 0.29) is 24.0 Å². The van der Waals surface area contributed by atoms with E-state index in [2.05, 4.69) is 24.3 Å². The van der Waals surface area contributed by atoms with Crippen LogP contribution in [0.25, 0.3) is 0 Å². The Morgan fingerprint density at radius 3 is 2.63 bits per heavy atom. The highest BCUT2D eigenvalue weighted by molar-refractivity contribution is 5.80. The van der Waals surface area contributed by atoms with Crippen LogP contribution in [0.5, 0.6) is 0 Å². The van der Waals surface area contributed by atoms with Crippen LogP contribution in [0.4, 0.5) is 4.79 Å². The summed E-state index contributed by atoms with van der Waals surface area (Å²) in [7, 11) is 1.92. The quantitative estimate of drug-likeness (QED) is 0.783. The van der Waals surface area contributed by atoms with Gasteiger partial charge >= 0.3 is 6.09 Å². The molecular formula is C22H32N2O3. The highest BCUT2D eigenvalue weighted by Crippen LogP contribution is 2.35. The fourth-order valence-electron chi connectivity index (χ4n) is 4.24. The predicted molar refractivity (Wildman–Crippen MR) is 105 cm³/mol. The first kappa shape index (κ1) is 19.7. The summed E-state index contributed by atoms with van der Waals surface area (Å²) in [5, 5.41) is 0. The van der Waals surface area contributed by atoms with Gasteiger partial charge < -0.3 is 14.5 Å². The van der Waals surface area contributed by atoms with Gasteiger partial charge in [-0.1, -0.05) is 24.3 Å². The second kappa shape index (κ2) is 7.91. The summed E-state index contributed by atoms with van der Waals surface area (Å²) in [4.78, 5) is 29.2. The van der Waals surface area contributed by atoms with Crippen LogP contribution in [0.2, 0.25) is 0 Å². The fourth-order valence-corrected chi connectivity index (χ4v) is 4.24. The number of piperidine rings is 1. The Morgan fingerprint density at radius 2 is 1.89 bits per heavy atom. The summed E-state index contributed by atoms with van der Waals surface area (Å²) in [6.45, 7) is 6.71. The van der Waals surface area contributed by atoms with Gasteiger partial charge in [-0.3, -0.25) is 4.79 Å². The normalized spacial score (nSPS) is 22.7. The third-order valence-corrected chi connectivity index (χ3v) is 5.58. The number of hydrogen-bond acceptors (Lipinski definition) is 3. The first-order valence-electron chi connectivity index (χ1n) is 10.1. The first-order chi connectivity index (χ1) is 12.8. The fraction of sp³-hybridized carbons (Fsp3) is 0.636. The summed E-state index contributed by atoms with van der Waals surface area (Å²) in [6, 6.07) is 8.59. The summed E-state index contributed by atoms with van der Waals surface area (Å²) >= 11 is 0. The molecule has 0 radical (unpaired) electrons.